The zero-order chi connectivity index (χ0) is 6.41. The summed E-state index contributed by atoms with van der Waals surface area (Å²) in [5.74, 6) is -0.733. The lowest BCUT2D eigenvalue weighted by molar-refractivity contribution is -0.136. The monoisotopic (exact) mass is 131 g/mol. The number of rotatable bonds is 3. The van der Waals surface area contributed by atoms with Gasteiger partial charge in [-0.15, -0.1) is 0 Å². The molecule has 0 saturated carbocycles. The van der Waals surface area contributed by atoms with E-state index in [4.69, 9.17) is 5.11 Å². The molecule has 0 spiro atoms. The molecule has 9 heavy (non-hydrogen) atoms. The Morgan fingerprint density at radius 1 is 1.67 bits per heavy atom. The average molecular weight is 131 g/mol. The second kappa shape index (κ2) is 7.17. The van der Waals surface area contributed by atoms with Crippen molar-refractivity contribution in [3.63, 3.8) is 0 Å². The first-order valence-electron chi connectivity index (χ1n) is 2.60. The molecule has 0 heterocycles. The molecule has 0 aromatic heterocycles. The van der Waals surface area contributed by atoms with Crippen LogP contribution < -0.4 is 6.15 Å². The minimum Gasteiger partial charge on any atom is -0.481 e. The fraction of sp³-hybridized carbons (Fsp3) is 0.500. The summed E-state index contributed by atoms with van der Waals surface area (Å²) in [5, 5.41) is 8.11. The molecule has 3 heteroatoms. The first-order valence-corrected chi connectivity index (χ1v) is 2.60. The van der Waals surface area contributed by atoms with Crippen LogP contribution in [0.2, 0.25) is 0 Å². The standard InChI is InChI=1S/C6H10O2.H3N/c1-2-3-4-5-6(7)8;/h2-3H,4-5H2,1H3,(H,7,8);1H3/b3-2+;. The molecule has 0 radical (unpaired) electrons. The summed E-state index contributed by atoms with van der Waals surface area (Å²) < 4.78 is 0. The highest BCUT2D eigenvalue weighted by Crippen LogP contribution is 1.88. The van der Waals surface area contributed by atoms with Crippen LogP contribution in [0.5, 0.6) is 0 Å². The third-order valence-electron chi connectivity index (χ3n) is 0.761. The first kappa shape index (κ1) is 11.0. The molecule has 0 atom stereocenters. The van der Waals surface area contributed by atoms with Crippen LogP contribution in [-0.2, 0) is 4.79 Å². The van der Waals surface area contributed by atoms with E-state index in [0.717, 1.165) is 0 Å². The lowest BCUT2D eigenvalue weighted by Crippen LogP contribution is -1.91. The van der Waals surface area contributed by atoms with Crippen molar-refractivity contribution in [2.45, 2.75) is 19.8 Å². The number of hydrogen-bond acceptors (Lipinski definition) is 2. The Morgan fingerprint density at radius 2 is 2.22 bits per heavy atom. The molecule has 0 aromatic carbocycles. The van der Waals surface area contributed by atoms with E-state index in [-0.39, 0.29) is 12.6 Å². The lowest BCUT2D eigenvalue weighted by atomic mass is 10.3. The summed E-state index contributed by atoms with van der Waals surface area (Å²) in [6, 6.07) is 0. The van der Waals surface area contributed by atoms with Crippen LogP contribution in [0.25, 0.3) is 0 Å². The Balaban J connectivity index is 0. The van der Waals surface area contributed by atoms with Gasteiger partial charge >= 0.3 is 5.97 Å². The molecule has 0 unspecified atom stereocenters. The van der Waals surface area contributed by atoms with Gasteiger partial charge in [0.25, 0.3) is 0 Å². The van der Waals surface area contributed by atoms with E-state index in [1.54, 1.807) is 0 Å². The molecule has 3 nitrogen and oxygen atoms in total. The van der Waals surface area contributed by atoms with E-state index in [1.807, 2.05) is 19.1 Å². The summed E-state index contributed by atoms with van der Waals surface area (Å²) in [5.41, 5.74) is 0. The minimum atomic E-state index is -0.733. The average Bonchev–Trinajstić information content (AvgIpc) is 1.66. The SMILES string of the molecule is C/C=C/CCC(=O)O.N. The van der Waals surface area contributed by atoms with Crippen molar-refractivity contribution >= 4 is 5.97 Å². The third-order valence-corrected chi connectivity index (χ3v) is 0.761. The Morgan fingerprint density at radius 3 is 2.56 bits per heavy atom. The summed E-state index contributed by atoms with van der Waals surface area (Å²) in [6.45, 7) is 1.88. The van der Waals surface area contributed by atoms with Crippen LogP contribution >= 0.6 is 0 Å². The number of carboxylic acid groups (broad SMARTS) is 1. The topological polar surface area (TPSA) is 72.3 Å². The van der Waals surface area contributed by atoms with E-state index in [1.165, 1.54) is 0 Å². The van der Waals surface area contributed by atoms with Gasteiger partial charge in [0.2, 0.25) is 0 Å². The Labute approximate surface area is 55.0 Å². The summed E-state index contributed by atoms with van der Waals surface area (Å²) >= 11 is 0. The lowest BCUT2D eigenvalue weighted by Gasteiger charge is -1.83. The largest absolute Gasteiger partial charge is 0.481 e. The molecular weight excluding hydrogens is 118 g/mol. The van der Waals surface area contributed by atoms with E-state index >= 15 is 0 Å². The van der Waals surface area contributed by atoms with Crippen LogP contribution in [0, 0.1) is 0 Å². The van der Waals surface area contributed by atoms with Crippen molar-refractivity contribution in [1.29, 1.82) is 0 Å². The predicted molar refractivity (Wildman–Crippen MR) is 36.7 cm³/mol. The van der Waals surface area contributed by atoms with Crippen molar-refractivity contribution in [2.75, 3.05) is 0 Å². The molecule has 0 aliphatic heterocycles. The number of allylic oxidation sites excluding steroid dienone is 2. The highest BCUT2D eigenvalue weighted by molar-refractivity contribution is 5.66. The van der Waals surface area contributed by atoms with Gasteiger partial charge in [0.15, 0.2) is 0 Å². The molecule has 0 fully saturated rings. The minimum absolute atomic E-state index is 0. The maximum Gasteiger partial charge on any atom is 0.303 e. The molecule has 0 aliphatic rings. The highest BCUT2D eigenvalue weighted by atomic mass is 16.4. The zero-order valence-electron chi connectivity index (χ0n) is 5.63. The van der Waals surface area contributed by atoms with E-state index in [0.29, 0.717) is 6.42 Å². The Hall–Kier alpha value is -0.830. The quantitative estimate of drug-likeness (QED) is 0.571. The van der Waals surface area contributed by atoms with Gasteiger partial charge in [0.05, 0.1) is 0 Å². The number of aliphatic carboxylic acids is 1. The van der Waals surface area contributed by atoms with Gasteiger partial charge in [-0.3, -0.25) is 4.79 Å². The number of carboxylic acids is 1. The molecule has 4 N–H and O–H groups in total. The highest BCUT2D eigenvalue weighted by Gasteiger charge is 1.89. The van der Waals surface area contributed by atoms with Gasteiger partial charge in [0.1, 0.15) is 0 Å². The normalized spacial score (nSPS) is 9.00. The smallest absolute Gasteiger partial charge is 0.303 e. The van der Waals surface area contributed by atoms with Crippen molar-refractivity contribution in [3.8, 4) is 0 Å². The maximum atomic E-state index is 9.84. The summed E-state index contributed by atoms with van der Waals surface area (Å²) in [4.78, 5) is 9.84. The third kappa shape index (κ3) is 11.0. The van der Waals surface area contributed by atoms with Crippen molar-refractivity contribution < 1.29 is 9.90 Å². The fourth-order valence-corrected chi connectivity index (χ4v) is 0.373. The summed E-state index contributed by atoms with van der Waals surface area (Å²) in [7, 11) is 0. The molecule has 0 aliphatic carbocycles. The maximum absolute atomic E-state index is 9.84. The molecule has 0 amide bonds. The van der Waals surface area contributed by atoms with Crippen molar-refractivity contribution in [1.82, 2.24) is 6.15 Å². The molecule has 0 aromatic rings. The van der Waals surface area contributed by atoms with Gasteiger partial charge in [-0.05, 0) is 13.3 Å². The number of hydrogen-bond donors (Lipinski definition) is 2. The zero-order valence-corrected chi connectivity index (χ0v) is 5.63. The van der Waals surface area contributed by atoms with Crippen LogP contribution in [0.1, 0.15) is 19.8 Å². The van der Waals surface area contributed by atoms with Crippen LogP contribution in [-0.4, -0.2) is 11.1 Å². The van der Waals surface area contributed by atoms with Gasteiger partial charge in [-0.2, -0.15) is 0 Å². The second-order valence-electron chi connectivity index (χ2n) is 1.50. The van der Waals surface area contributed by atoms with Gasteiger partial charge in [-0.1, -0.05) is 12.2 Å². The van der Waals surface area contributed by atoms with Gasteiger partial charge in [-0.25, -0.2) is 0 Å². The Bertz CT molecular complexity index is 99.2. The van der Waals surface area contributed by atoms with Crippen molar-refractivity contribution in [3.05, 3.63) is 12.2 Å². The molecular formula is C6H13NO2. The van der Waals surface area contributed by atoms with Gasteiger partial charge in [0, 0.05) is 6.42 Å². The van der Waals surface area contributed by atoms with Crippen molar-refractivity contribution in [2.24, 2.45) is 0 Å². The fourth-order valence-electron chi connectivity index (χ4n) is 0.373. The van der Waals surface area contributed by atoms with E-state index in [2.05, 4.69) is 0 Å². The molecule has 0 rings (SSSR count). The van der Waals surface area contributed by atoms with E-state index < -0.39 is 5.97 Å². The van der Waals surface area contributed by atoms with Crippen LogP contribution in [0.15, 0.2) is 12.2 Å². The first-order chi connectivity index (χ1) is 3.77. The van der Waals surface area contributed by atoms with E-state index in [9.17, 15) is 4.79 Å². The predicted octanol–water partition coefficient (Wildman–Crippen LogP) is 1.59. The molecule has 54 valence electrons. The Kier molecular flexibility index (Phi) is 8.79. The van der Waals surface area contributed by atoms with Gasteiger partial charge < -0.3 is 11.3 Å². The molecule has 0 bridgehead atoms. The van der Waals surface area contributed by atoms with Crippen LogP contribution in [0.3, 0.4) is 0 Å². The molecule has 0 saturated heterocycles. The second-order valence-corrected chi connectivity index (χ2v) is 1.50. The number of carbonyl (C=O) groups is 1. The van der Waals surface area contributed by atoms with Crippen LogP contribution in [0.4, 0.5) is 0 Å². The summed E-state index contributed by atoms with van der Waals surface area (Å²) in [6.07, 6.45) is 4.58.